The number of nitrogens with one attached hydrogen (secondary N) is 1. The number of carbonyl (C=O) groups excluding carboxylic acids is 1. The molecule has 18 heavy (non-hydrogen) atoms. The van der Waals surface area contributed by atoms with Crippen molar-refractivity contribution in [2.75, 3.05) is 16.8 Å². The summed E-state index contributed by atoms with van der Waals surface area (Å²) >= 11 is 0. The minimum absolute atomic E-state index is 0.477. The number of carboxylic acids is 1. The number of anilines is 1. The SMILES string of the molecule is Cc1cccc(NC(=O)CS(=O)(=O)CC(=O)O)c1. The third-order valence-electron chi connectivity index (χ3n) is 2.00. The van der Waals surface area contributed by atoms with Crippen molar-refractivity contribution in [1.82, 2.24) is 0 Å². The van der Waals surface area contributed by atoms with Crippen LogP contribution in [-0.2, 0) is 19.4 Å². The van der Waals surface area contributed by atoms with Crippen molar-refractivity contribution >= 4 is 27.4 Å². The molecule has 1 amide bonds. The summed E-state index contributed by atoms with van der Waals surface area (Å²) in [5, 5.41) is 10.8. The monoisotopic (exact) mass is 271 g/mol. The second-order valence-corrected chi connectivity index (χ2v) is 5.91. The number of aliphatic carboxylic acids is 1. The first kappa shape index (κ1) is 14.2. The van der Waals surface area contributed by atoms with Crippen LogP contribution < -0.4 is 5.32 Å². The van der Waals surface area contributed by atoms with Crippen LogP contribution in [0, 0.1) is 6.92 Å². The topological polar surface area (TPSA) is 101 Å². The molecule has 1 aromatic carbocycles. The number of rotatable bonds is 5. The van der Waals surface area contributed by atoms with Crippen LogP contribution in [0.5, 0.6) is 0 Å². The zero-order valence-corrected chi connectivity index (χ0v) is 10.5. The van der Waals surface area contributed by atoms with Crippen molar-refractivity contribution in [1.29, 1.82) is 0 Å². The van der Waals surface area contributed by atoms with Crippen molar-refractivity contribution < 1.29 is 23.1 Å². The Hall–Kier alpha value is -1.89. The van der Waals surface area contributed by atoms with E-state index in [9.17, 15) is 18.0 Å². The van der Waals surface area contributed by atoms with Gasteiger partial charge in [0, 0.05) is 5.69 Å². The minimum atomic E-state index is -3.92. The molecule has 0 aromatic heterocycles. The molecule has 0 radical (unpaired) electrons. The second kappa shape index (κ2) is 5.63. The lowest BCUT2D eigenvalue weighted by molar-refractivity contribution is -0.134. The van der Waals surface area contributed by atoms with Crippen LogP contribution in [0.1, 0.15) is 5.56 Å². The molecule has 98 valence electrons. The second-order valence-electron chi connectivity index (χ2n) is 3.84. The predicted molar refractivity (Wildman–Crippen MR) is 66.1 cm³/mol. The third kappa shape index (κ3) is 4.96. The molecule has 0 bridgehead atoms. The van der Waals surface area contributed by atoms with Crippen LogP contribution in [0.4, 0.5) is 5.69 Å². The molecule has 2 N–H and O–H groups in total. The number of sulfone groups is 1. The van der Waals surface area contributed by atoms with Gasteiger partial charge in [-0.15, -0.1) is 0 Å². The average Bonchev–Trinajstić information content (AvgIpc) is 2.13. The van der Waals surface area contributed by atoms with Gasteiger partial charge >= 0.3 is 5.97 Å². The molecule has 0 atom stereocenters. The van der Waals surface area contributed by atoms with E-state index in [4.69, 9.17) is 5.11 Å². The van der Waals surface area contributed by atoms with E-state index in [0.717, 1.165) is 5.56 Å². The Labute approximate surface area is 105 Å². The van der Waals surface area contributed by atoms with Crippen molar-refractivity contribution in [2.24, 2.45) is 0 Å². The van der Waals surface area contributed by atoms with E-state index < -0.39 is 33.2 Å². The summed E-state index contributed by atoms with van der Waals surface area (Å²) in [5.41, 5.74) is 1.40. The summed E-state index contributed by atoms with van der Waals surface area (Å²) < 4.78 is 22.5. The van der Waals surface area contributed by atoms with Gasteiger partial charge in [-0.3, -0.25) is 9.59 Å². The lowest BCUT2D eigenvalue weighted by Crippen LogP contribution is -2.27. The Morgan fingerprint density at radius 3 is 2.50 bits per heavy atom. The maximum absolute atomic E-state index is 11.4. The normalized spacial score (nSPS) is 10.9. The van der Waals surface area contributed by atoms with Crippen molar-refractivity contribution in [2.45, 2.75) is 6.92 Å². The maximum atomic E-state index is 11.4. The molecule has 0 aliphatic rings. The lowest BCUT2D eigenvalue weighted by Gasteiger charge is -2.05. The van der Waals surface area contributed by atoms with E-state index in [0.29, 0.717) is 5.69 Å². The molecule has 0 saturated carbocycles. The van der Waals surface area contributed by atoms with Crippen molar-refractivity contribution in [3.8, 4) is 0 Å². The molecule has 0 aliphatic carbocycles. The molecule has 0 unspecified atom stereocenters. The smallest absolute Gasteiger partial charge is 0.318 e. The average molecular weight is 271 g/mol. The van der Waals surface area contributed by atoms with Gasteiger partial charge in [0.1, 0.15) is 11.5 Å². The first-order chi connectivity index (χ1) is 8.28. The Kier molecular flexibility index (Phi) is 4.43. The van der Waals surface area contributed by atoms with Gasteiger partial charge in [-0.1, -0.05) is 12.1 Å². The fourth-order valence-corrected chi connectivity index (χ4v) is 2.31. The summed E-state index contributed by atoms with van der Waals surface area (Å²) in [4.78, 5) is 21.7. The number of benzene rings is 1. The molecule has 0 aliphatic heterocycles. The van der Waals surface area contributed by atoms with E-state index in [-0.39, 0.29) is 0 Å². The number of carbonyl (C=O) groups is 2. The van der Waals surface area contributed by atoms with Gasteiger partial charge in [-0.05, 0) is 24.6 Å². The van der Waals surface area contributed by atoms with Gasteiger partial charge in [0.25, 0.3) is 0 Å². The lowest BCUT2D eigenvalue weighted by atomic mass is 10.2. The first-order valence-corrected chi connectivity index (χ1v) is 6.89. The van der Waals surface area contributed by atoms with E-state index in [2.05, 4.69) is 5.32 Å². The van der Waals surface area contributed by atoms with E-state index >= 15 is 0 Å². The van der Waals surface area contributed by atoms with Crippen LogP contribution in [-0.4, -0.2) is 36.9 Å². The molecule has 7 heteroatoms. The summed E-state index contributed by atoms with van der Waals surface area (Å²) in [5.74, 6) is -4.11. The zero-order chi connectivity index (χ0) is 13.8. The standard InChI is InChI=1S/C11H13NO5S/c1-8-3-2-4-9(5-8)12-10(13)6-18(16,17)7-11(14)15/h2-5H,6-7H2,1H3,(H,12,13)(H,14,15). The van der Waals surface area contributed by atoms with Crippen LogP contribution in [0.25, 0.3) is 0 Å². The largest absolute Gasteiger partial charge is 0.480 e. The summed E-state index contributed by atoms with van der Waals surface area (Å²) in [6, 6.07) is 6.85. The Bertz CT molecular complexity index is 565. The van der Waals surface area contributed by atoms with Gasteiger partial charge in [0.05, 0.1) is 0 Å². The molecule has 6 nitrogen and oxygen atoms in total. The third-order valence-corrected chi connectivity index (χ3v) is 3.39. The van der Waals surface area contributed by atoms with Crippen LogP contribution in [0.15, 0.2) is 24.3 Å². The van der Waals surface area contributed by atoms with E-state index in [1.165, 1.54) is 0 Å². The highest BCUT2D eigenvalue weighted by Gasteiger charge is 2.20. The van der Waals surface area contributed by atoms with Gasteiger partial charge < -0.3 is 10.4 Å². The fourth-order valence-electron chi connectivity index (χ4n) is 1.36. The van der Waals surface area contributed by atoms with Crippen molar-refractivity contribution in [3.05, 3.63) is 29.8 Å². The van der Waals surface area contributed by atoms with Crippen LogP contribution in [0.2, 0.25) is 0 Å². The highest BCUT2D eigenvalue weighted by molar-refractivity contribution is 7.92. The molecule has 1 aromatic rings. The number of hydrogen-bond acceptors (Lipinski definition) is 4. The molecule has 0 saturated heterocycles. The fraction of sp³-hybridized carbons (Fsp3) is 0.273. The molecule has 0 fully saturated rings. The zero-order valence-electron chi connectivity index (χ0n) is 9.71. The molecular formula is C11H13NO5S. The maximum Gasteiger partial charge on any atom is 0.318 e. The van der Waals surface area contributed by atoms with Gasteiger partial charge in [0.2, 0.25) is 5.91 Å². The van der Waals surface area contributed by atoms with Crippen LogP contribution in [0.3, 0.4) is 0 Å². The predicted octanol–water partition coefficient (Wildman–Crippen LogP) is 0.433. The first-order valence-electron chi connectivity index (χ1n) is 5.07. The number of amides is 1. The minimum Gasteiger partial charge on any atom is -0.480 e. The summed E-state index contributed by atoms with van der Waals surface area (Å²) in [7, 11) is -3.92. The Morgan fingerprint density at radius 2 is 1.94 bits per heavy atom. The van der Waals surface area contributed by atoms with E-state index in [1.54, 1.807) is 18.2 Å². The highest BCUT2D eigenvalue weighted by atomic mass is 32.2. The Morgan fingerprint density at radius 1 is 1.28 bits per heavy atom. The molecule has 0 heterocycles. The summed E-state index contributed by atoms with van der Waals surface area (Å²) in [6.07, 6.45) is 0. The number of carboxylic acid groups (broad SMARTS) is 1. The van der Waals surface area contributed by atoms with E-state index in [1.807, 2.05) is 13.0 Å². The van der Waals surface area contributed by atoms with Crippen LogP contribution >= 0.6 is 0 Å². The number of hydrogen-bond donors (Lipinski definition) is 2. The summed E-state index contributed by atoms with van der Waals surface area (Å²) in [6.45, 7) is 1.83. The molecular weight excluding hydrogens is 258 g/mol. The van der Waals surface area contributed by atoms with Crippen molar-refractivity contribution in [3.63, 3.8) is 0 Å². The molecule has 1 rings (SSSR count). The number of aryl methyl sites for hydroxylation is 1. The quantitative estimate of drug-likeness (QED) is 0.809. The molecule has 0 spiro atoms. The van der Waals surface area contributed by atoms with Gasteiger partial charge in [-0.25, -0.2) is 8.42 Å². The highest BCUT2D eigenvalue weighted by Crippen LogP contribution is 2.09. The van der Waals surface area contributed by atoms with Gasteiger partial charge in [0.15, 0.2) is 9.84 Å². The van der Waals surface area contributed by atoms with Gasteiger partial charge in [-0.2, -0.15) is 0 Å². The Balaban J connectivity index is 2.65.